The fraction of sp³-hybridized carbons (Fsp3) is 0.222. The molecule has 3 rings (SSSR count). The molecule has 0 bridgehead atoms. The number of esters is 1. The van der Waals surface area contributed by atoms with E-state index >= 15 is 0 Å². The van der Waals surface area contributed by atoms with Crippen LogP contribution >= 0.6 is 0 Å². The van der Waals surface area contributed by atoms with Crippen LogP contribution in [0.2, 0.25) is 0 Å². The zero-order chi connectivity index (χ0) is 18.5. The summed E-state index contributed by atoms with van der Waals surface area (Å²) in [6.07, 6.45) is 0. The second-order valence-corrected chi connectivity index (χ2v) is 5.23. The molecule has 0 saturated carbocycles. The Bertz CT molecular complexity index is 834. The molecule has 0 radical (unpaired) electrons. The van der Waals surface area contributed by atoms with Gasteiger partial charge < -0.3 is 29.0 Å². The quantitative estimate of drug-likeness (QED) is 0.791. The molecular weight excluding hydrogens is 342 g/mol. The first kappa shape index (κ1) is 17.4. The van der Waals surface area contributed by atoms with E-state index < -0.39 is 18.5 Å². The Kier molecular flexibility index (Phi) is 5.12. The van der Waals surface area contributed by atoms with Crippen molar-refractivity contribution in [1.29, 1.82) is 0 Å². The van der Waals surface area contributed by atoms with Crippen LogP contribution in [0.15, 0.2) is 36.4 Å². The SMILES string of the molecule is COc1cccc(C(=O)OCC(=O)Nc2ccc3c(c2)OCO3)c1OC. The van der Waals surface area contributed by atoms with E-state index in [0.717, 1.165) is 0 Å². The van der Waals surface area contributed by atoms with E-state index in [4.69, 9.17) is 23.7 Å². The van der Waals surface area contributed by atoms with Crippen molar-refractivity contribution in [3.63, 3.8) is 0 Å². The van der Waals surface area contributed by atoms with Crippen molar-refractivity contribution >= 4 is 17.6 Å². The predicted octanol–water partition coefficient (Wildman–Crippen LogP) is 2.23. The molecule has 2 aromatic rings. The van der Waals surface area contributed by atoms with E-state index in [0.29, 0.717) is 22.9 Å². The van der Waals surface area contributed by atoms with Gasteiger partial charge in [-0.1, -0.05) is 6.07 Å². The summed E-state index contributed by atoms with van der Waals surface area (Å²) < 4.78 is 25.8. The van der Waals surface area contributed by atoms with Gasteiger partial charge in [-0.2, -0.15) is 0 Å². The van der Waals surface area contributed by atoms with Crippen LogP contribution in [0, 0.1) is 0 Å². The van der Waals surface area contributed by atoms with Crippen molar-refractivity contribution < 1.29 is 33.3 Å². The molecular formula is C18H17NO7. The topological polar surface area (TPSA) is 92.3 Å². The second kappa shape index (κ2) is 7.64. The van der Waals surface area contributed by atoms with Crippen molar-refractivity contribution in [2.45, 2.75) is 0 Å². The number of benzene rings is 2. The molecule has 0 atom stereocenters. The molecule has 0 saturated heterocycles. The van der Waals surface area contributed by atoms with Gasteiger partial charge in [0, 0.05) is 11.8 Å². The Labute approximate surface area is 149 Å². The van der Waals surface area contributed by atoms with Crippen LogP contribution in [-0.4, -0.2) is 39.5 Å². The molecule has 8 nitrogen and oxygen atoms in total. The number of rotatable bonds is 6. The maximum atomic E-state index is 12.2. The minimum Gasteiger partial charge on any atom is -0.493 e. The van der Waals surface area contributed by atoms with Crippen molar-refractivity contribution in [3.05, 3.63) is 42.0 Å². The average molecular weight is 359 g/mol. The number of ether oxygens (including phenoxy) is 5. The molecule has 8 heteroatoms. The third-order valence-corrected chi connectivity index (χ3v) is 3.61. The molecule has 1 N–H and O–H groups in total. The summed E-state index contributed by atoms with van der Waals surface area (Å²) in [5.74, 6) is 0.615. The minimum atomic E-state index is -0.693. The molecule has 26 heavy (non-hydrogen) atoms. The number of carbonyl (C=O) groups excluding carboxylic acids is 2. The number of amides is 1. The van der Waals surface area contributed by atoms with Gasteiger partial charge >= 0.3 is 5.97 Å². The monoisotopic (exact) mass is 359 g/mol. The van der Waals surface area contributed by atoms with Crippen LogP contribution in [-0.2, 0) is 9.53 Å². The lowest BCUT2D eigenvalue weighted by atomic mass is 10.2. The fourth-order valence-corrected chi connectivity index (χ4v) is 2.43. The number of fused-ring (bicyclic) bond motifs is 1. The molecule has 1 amide bonds. The van der Waals surface area contributed by atoms with Crippen molar-refractivity contribution in [3.8, 4) is 23.0 Å². The first-order valence-corrected chi connectivity index (χ1v) is 7.70. The maximum absolute atomic E-state index is 12.2. The van der Waals surface area contributed by atoms with E-state index in [1.54, 1.807) is 30.3 Å². The van der Waals surface area contributed by atoms with Crippen molar-refractivity contribution in [1.82, 2.24) is 0 Å². The van der Waals surface area contributed by atoms with Crippen molar-refractivity contribution in [2.75, 3.05) is 32.9 Å². The largest absolute Gasteiger partial charge is 0.493 e. The molecule has 1 heterocycles. The van der Waals surface area contributed by atoms with Crippen LogP contribution in [0.5, 0.6) is 23.0 Å². The summed E-state index contributed by atoms with van der Waals surface area (Å²) in [5, 5.41) is 2.62. The van der Waals surface area contributed by atoms with Crippen molar-refractivity contribution in [2.24, 2.45) is 0 Å². The van der Waals surface area contributed by atoms with Gasteiger partial charge in [0.2, 0.25) is 6.79 Å². The number of para-hydroxylation sites is 1. The normalized spacial score (nSPS) is 11.6. The number of methoxy groups -OCH3 is 2. The Morgan fingerprint density at radius 3 is 2.65 bits per heavy atom. The summed E-state index contributed by atoms with van der Waals surface area (Å²) >= 11 is 0. The summed E-state index contributed by atoms with van der Waals surface area (Å²) in [5.41, 5.74) is 0.678. The highest BCUT2D eigenvalue weighted by Gasteiger charge is 2.19. The van der Waals surface area contributed by atoms with Gasteiger partial charge in [0.15, 0.2) is 29.6 Å². The zero-order valence-electron chi connectivity index (χ0n) is 14.2. The van der Waals surface area contributed by atoms with Crippen LogP contribution < -0.4 is 24.3 Å². The molecule has 2 aromatic carbocycles. The Morgan fingerprint density at radius 1 is 1.08 bits per heavy atom. The van der Waals surface area contributed by atoms with Crippen LogP contribution in [0.4, 0.5) is 5.69 Å². The van der Waals surface area contributed by atoms with Crippen LogP contribution in [0.1, 0.15) is 10.4 Å². The first-order chi connectivity index (χ1) is 12.6. The summed E-state index contributed by atoms with van der Waals surface area (Å²) in [7, 11) is 2.88. The highest BCUT2D eigenvalue weighted by atomic mass is 16.7. The number of hydrogen-bond acceptors (Lipinski definition) is 7. The second-order valence-electron chi connectivity index (χ2n) is 5.23. The first-order valence-electron chi connectivity index (χ1n) is 7.70. The van der Waals surface area contributed by atoms with Gasteiger partial charge in [-0.15, -0.1) is 0 Å². The smallest absolute Gasteiger partial charge is 0.342 e. The van der Waals surface area contributed by atoms with Gasteiger partial charge in [0.25, 0.3) is 5.91 Å². The minimum absolute atomic E-state index is 0.146. The van der Waals surface area contributed by atoms with E-state index in [1.165, 1.54) is 20.3 Å². The number of nitrogens with one attached hydrogen (secondary N) is 1. The third-order valence-electron chi connectivity index (χ3n) is 3.61. The molecule has 1 aliphatic rings. The predicted molar refractivity (Wildman–Crippen MR) is 91.0 cm³/mol. The molecule has 0 aromatic heterocycles. The van der Waals surface area contributed by atoms with E-state index in [-0.39, 0.29) is 18.1 Å². The Hall–Kier alpha value is -3.42. The number of anilines is 1. The zero-order valence-corrected chi connectivity index (χ0v) is 14.2. The lowest BCUT2D eigenvalue weighted by Gasteiger charge is -2.12. The van der Waals surface area contributed by atoms with Gasteiger partial charge in [-0.3, -0.25) is 4.79 Å². The summed E-state index contributed by atoms with van der Waals surface area (Å²) in [6, 6.07) is 9.79. The highest BCUT2D eigenvalue weighted by molar-refractivity contribution is 5.97. The van der Waals surface area contributed by atoms with Gasteiger partial charge in [0.1, 0.15) is 5.56 Å². The number of hydrogen-bond donors (Lipinski definition) is 1. The molecule has 0 spiro atoms. The van der Waals surface area contributed by atoms with Gasteiger partial charge in [-0.25, -0.2) is 4.79 Å². The molecule has 0 aliphatic carbocycles. The van der Waals surface area contributed by atoms with E-state index in [1.807, 2.05) is 0 Å². The van der Waals surface area contributed by atoms with Crippen LogP contribution in [0.3, 0.4) is 0 Å². The lowest BCUT2D eigenvalue weighted by Crippen LogP contribution is -2.21. The molecule has 1 aliphatic heterocycles. The van der Waals surface area contributed by atoms with E-state index in [9.17, 15) is 9.59 Å². The molecule has 136 valence electrons. The average Bonchev–Trinajstić information content (AvgIpc) is 3.13. The fourth-order valence-electron chi connectivity index (χ4n) is 2.43. The number of carbonyl (C=O) groups is 2. The maximum Gasteiger partial charge on any atom is 0.342 e. The molecule has 0 unspecified atom stereocenters. The summed E-state index contributed by atoms with van der Waals surface area (Å²) in [4.78, 5) is 24.2. The highest BCUT2D eigenvalue weighted by Crippen LogP contribution is 2.34. The van der Waals surface area contributed by atoms with E-state index in [2.05, 4.69) is 5.32 Å². The van der Waals surface area contributed by atoms with Gasteiger partial charge in [0.05, 0.1) is 14.2 Å². The Morgan fingerprint density at radius 2 is 1.88 bits per heavy atom. The third kappa shape index (κ3) is 3.64. The van der Waals surface area contributed by atoms with Gasteiger partial charge in [-0.05, 0) is 24.3 Å². The standard InChI is InChI=1S/C18H17NO7/c1-22-14-5-3-4-12(17(14)23-2)18(21)24-9-16(20)19-11-6-7-13-15(8-11)26-10-25-13/h3-8H,9-10H2,1-2H3,(H,19,20). The Balaban J connectivity index is 1.60. The molecule has 0 fully saturated rings. The lowest BCUT2D eigenvalue weighted by molar-refractivity contribution is -0.119. The summed E-state index contributed by atoms with van der Waals surface area (Å²) in [6.45, 7) is -0.305. The van der Waals surface area contributed by atoms with Crippen LogP contribution in [0.25, 0.3) is 0 Å².